The molecule has 0 aliphatic carbocycles. The van der Waals surface area contributed by atoms with Crippen molar-refractivity contribution in [2.45, 2.75) is 6.42 Å². The number of anilines is 3. The molecule has 0 unspecified atom stereocenters. The van der Waals surface area contributed by atoms with Gasteiger partial charge in [0.1, 0.15) is 23.1 Å². The molecular formula is C20H21FN4O2. The highest BCUT2D eigenvalue weighted by atomic mass is 19.1. The summed E-state index contributed by atoms with van der Waals surface area (Å²) >= 11 is 0. The normalized spacial score (nSPS) is 10.3. The number of rotatable bonds is 8. The van der Waals surface area contributed by atoms with Crippen molar-refractivity contribution in [2.75, 3.05) is 31.4 Å². The standard InChI is InChI=1S/C20H21FN4O2/c1-26-15-7-8-17(18(13-15)27-2)24-20-23-12-10-19(25-20)22-11-9-14-5-3-4-6-16(14)21/h3-8,10,12-13H,9,11H2,1-2H3,(H2,22,23,24,25). The molecule has 2 aromatic carbocycles. The van der Waals surface area contributed by atoms with Gasteiger partial charge in [-0.25, -0.2) is 9.37 Å². The molecule has 0 saturated carbocycles. The molecule has 140 valence electrons. The number of hydrogen-bond donors (Lipinski definition) is 2. The summed E-state index contributed by atoms with van der Waals surface area (Å²) in [4.78, 5) is 8.65. The van der Waals surface area contributed by atoms with Gasteiger partial charge in [0.05, 0.1) is 19.9 Å². The van der Waals surface area contributed by atoms with Gasteiger partial charge in [0, 0.05) is 18.8 Å². The number of ether oxygens (including phenoxy) is 2. The second-order valence-electron chi connectivity index (χ2n) is 5.72. The average molecular weight is 368 g/mol. The molecule has 0 aliphatic heterocycles. The first-order valence-electron chi connectivity index (χ1n) is 8.49. The summed E-state index contributed by atoms with van der Waals surface area (Å²) < 4.78 is 24.2. The van der Waals surface area contributed by atoms with Crippen LogP contribution in [0.5, 0.6) is 11.5 Å². The van der Waals surface area contributed by atoms with Gasteiger partial charge in [-0.1, -0.05) is 18.2 Å². The van der Waals surface area contributed by atoms with Gasteiger partial charge in [-0.05, 0) is 36.2 Å². The van der Waals surface area contributed by atoms with Crippen LogP contribution in [0.2, 0.25) is 0 Å². The first-order chi connectivity index (χ1) is 13.2. The molecule has 0 atom stereocenters. The van der Waals surface area contributed by atoms with Crippen LogP contribution in [0.1, 0.15) is 5.56 Å². The van der Waals surface area contributed by atoms with Crippen molar-refractivity contribution >= 4 is 17.5 Å². The van der Waals surface area contributed by atoms with Gasteiger partial charge in [-0.3, -0.25) is 0 Å². The molecule has 6 nitrogen and oxygen atoms in total. The quantitative estimate of drug-likeness (QED) is 0.626. The van der Waals surface area contributed by atoms with E-state index in [4.69, 9.17) is 9.47 Å². The van der Waals surface area contributed by atoms with Crippen LogP contribution in [-0.2, 0) is 6.42 Å². The minimum Gasteiger partial charge on any atom is -0.497 e. The Morgan fingerprint density at radius 3 is 2.67 bits per heavy atom. The average Bonchev–Trinajstić information content (AvgIpc) is 2.70. The molecule has 3 aromatic rings. The topological polar surface area (TPSA) is 68.3 Å². The molecule has 0 fully saturated rings. The Kier molecular flexibility index (Phi) is 6.04. The van der Waals surface area contributed by atoms with Crippen molar-refractivity contribution in [1.29, 1.82) is 0 Å². The summed E-state index contributed by atoms with van der Waals surface area (Å²) in [5.41, 5.74) is 1.39. The molecule has 0 amide bonds. The molecule has 27 heavy (non-hydrogen) atoms. The first kappa shape index (κ1) is 18.4. The number of hydrogen-bond acceptors (Lipinski definition) is 6. The minimum atomic E-state index is -0.198. The summed E-state index contributed by atoms with van der Waals surface area (Å²) in [6, 6.07) is 13.9. The van der Waals surface area contributed by atoms with E-state index < -0.39 is 0 Å². The summed E-state index contributed by atoms with van der Waals surface area (Å²) in [5, 5.41) is 6.31. The van der Waals surface area contributed by atoms with Gasteiger partial charge < -0.3 is 20.1 Å². The lowest BCUT2D eigenvalue weighted by atomic mass is 10.1. The Morgan fingerprint density at radius 2 is 1.89 bits per heavy atom. The van der Waals surface area contributed by atoms with Crippen molar-refractivity contribution in [2.24, 2.45) is 0 Å². The Bertz CT molecular complexity index is 905. The van der Waals surface area contributed by atoms with Crippen molar-refractivity contribution < 1.29 is 13.9 Å². The van der Waals surface area contributed by atoms with Crippen LogP contribution >= 0.6 is 0 Å². The number of aromatic nitrogens is 2. The molecular weight excluding hydrogens is 347 g/mol. The fourth-order valence-electron chi connectivity index (χ4n) is 2.57. The monoisotopic (exact) mass is 368 g/mol. The SMILES string of the molecule is COc1ccc(Nc2nccc(NCCc3ccccc3F)n2)c(OC)c1. The van der Waals surface area contributed by atoms with E-state index in [0.717, 1.165) is 5.69 Å². The number of benzene rings is 2. The third kappa shape index (κ3) is 4.84. The predicted molar refractivity (Wildman–Crippen MR) is 103 cm³/mol. The minimum absolute atomic E-state index is 0.198. The van der Waals surface area contributed by atoms with Crippen LogP contribution < -0.4 is 20.1 Å². The Hall–Kier alpha value is -3.35. The summed E-state index contributed by atoms with van der Waals surface area (Å²) in [6.45, 7) is 0.559. The van der Waals surface area contributed by atoms with Crippen LogP contribution in [0.4, 0.5) is 21.8 Å². The van der Waals surface area contributed by atoms with E-state index in [9.17, 15) is 4.39 Å². The zero-order valence-corrected chi connectivity index (χ0v) is 15.2. The molecule has 0 bridgehead atoms. The predicted octanol–water partition coefficient (Wildman–Crippen LogP) is 4.03. The van der Waals surface area contributed by atoms with E-state index in [1.54, 1.807) is 44.7 Å². The van der Waals surface area contributed by atoms with Crippen LogP contribution in [0, 0.1) is 5.82 Å². The lowest BCUT2D eigenvalue weighted by molar-refractivity contribution is 0.395. The maximum absolute atomic E-state index is 13.7. The zero-order chi connectivity index (χ0) is 19.1. The van der Waals surface area contributed by atoms with Gasteiger partial charge in [-0.15, -0.1) is 0 Å². The Morgan fingerprint density at radius 1 is 1.04 bits per heavy atom. The Balaban J connectivity index is 1.64. The summed E-state index contributed by atoms with van der Waals surface area (Å²) in [6.07, 6.45) is 2.21. The van der Waals surface area contributed by atoms with Gasteiger partial charge in [0.2, 0.25) is 5.95 Å². The van der Waals surface area contributed by atoms with E-state index in [1.165, 1.54) is 6.07 Å². The Labute approximate surface area is 157 Å². The maximum Gasteiger partial charge on any atom is 0.229 e. The fourth-order valence-corrected chi connectivity index (χ4v) is 2.57. The number of methoxy groups -OCH3 is 2. The second kappa shape index (κ2) is 8.84. The molecule has 0 spiro atoms. The third-order valence-electron chi connectivity index (χ3n) is 3.97. The van der Waals surface area contributed by atoms with E-state index in [1.807, 2.05) is 18.2 Å². The number of nitrogens with zero attached hydrogens (tertiary/aromatic N) is 2. The highest BCUT2D eigenvalue weighted by Gasteiger charge is 2.07. The van der Waals surface area contributed by atoms with E-state index in [0.29, 0.717) is 41.8 Å². The fraction of sp³-hybridized carbons (Fsp3) is 0.200. The van der Waals surface area contributed by atoms with E-state index >= 15 is 0 Å². The zero-order valence-electron chi connectivity index (χ0n) is 15.2. The van der Waals surface area contributed by atoms with Crippen LogP contribution in [-0.4, -0.2) is 30.7 Å². The van der Waals surface area contributed by atoms with Gasteiger partial charge >= 0.3 is 0 Å². The van der Waals surface area contributed by atoms with Crippen LogP contribution in [0.15, 0.2) is 54.7 Å². The highest BCUT2D eigenvalue weighted by Crippen LogP contribution is 2.30. The number of nitrogens with one attached hydrogen (secondary N) is 2. The molecule has 7 heteroatoms. The maximum atomic E-state index is 13.7. The molecule has 1 heterocycles. The summed E-state index contributed by atoms with van der Waals surface area (Å²) in [5.74, 6) is 2.19. The second-order valence-corrected chi connectivity index (χ2v) is 5.72. The first-order valence-corrected chi connectivity index (χ1v) is 8.49. The smallest absolute Gasteiger partial charge is 0.229 e. The third-order valence-corrected chi connectivity index (χ3v) is 3.97. The van der Waals surface area contributed by atoms with Crippen LogP contribution in [0.3, 0.4) is 0 Å². The highest BCUT2D eigenvalue weighted by molar-refractivity contribution is 5.64. The number of halogens is 1. The molecule has 1 aromatic heterocycles. The van der Waals surface area contributed by atoms with Gasteiger partial charge in [0.25, 0.3) is 0 Å². The largest absolute Gasteiger partial charge is 0.497 e. The molecule has 3 rings (SSSR count). The van der Waals surface area contributed by atoms with Crippen molar-refractivity contribution in [3.8, 4) is 11.5 Å². The van der Waals surface area contributed by atoms with E-state index in [-0.39, 0.29) is 5.82 Å². The lowest BCUT2D eigenvalue weighted by Gasteiger charge is -2.12. The van der Waals surface area contributed by atoms with Crippen LogP contribution in [0.25, 0.3) is 0 Å². The van der Waals surface area contributed by atoms with E-state index in [2.05, 4.69) is 20.6 Å². The molecule has 0 saturated heterocycles. The molecule has 0 aliphatic rings. The molecule has 0 radical (unpaired) electrons. The molecule has 2 N–H and O–H groups in total. The van der Waals surface area contributed by atoms with Gasteiger partial charge in [0.15, 0.2) is 0 Å². The van der Waals surface area contributed by atoms with Crippen molar-refractivity contribution in [3.05, 3.63) is 66.1 Å². The van der Waals surface area contributed by atoms with Crippen molar-refractivity contribution in [3.63, 3.8) is 0 Å². The van der Waals surface area contributed by atoms with Crippen molar-refractivity contribution in [1.82, 2.24) is 9.97 Å². The van der Waals surface area contributed by atoms with Gasteiger partial charge in [-0.2, -0.15) is 4.98 Å². The summed E-state index contributed by atoms with van der Waals surface area (Å²) in [7, 11) is 3.18. The lowest BCUT2D eigenvalue weighted by Crippen LogP contribution is -2.08.